The Bertz CT molecular complexity index is 749. The van der Waals surface area contributed by atoms with E-state index < -0.39 is 0 Å². The van der Waals surface area contributed by atoms with Crippen LogP contribution in [0.15, 0.2) is 48.5 Å². The number of benzene rings is 2. The van der Waals surface area contributed by atoms with E-state index in [1.54, 1.807) is 18.2 Å². The number of phenolic OH excluding ortho intramolecular Hbond substituents is 1. The Morgan fingerprint density at radius 3 is 2.62 bits per heavy atom. The summed E-state index contributed by atoms with van der Waals surface area (Å²) < 4.78 is 0. The van der Waals surface area contributed by atoms with Crippen LogP contribution in [0.3, 0.4) is 0 Å². The van der Waals surface area contributed by atoms with Gasteiger partial charge in [-0.1, -0.05) is 42.0 Å². The lowest BCUT2D eigenvalue weighted by Crippen LogP contribution is -2.13. The maximum Gasteiger partial charge on any atom is 0.181 e. The highest BCUT2D eigenvalue weighted by Gasteiger charge is 2.14. The third kappa shape index (κ3) is 2.78. The highest BCUT2D eigenvalue weighted by Crippen LogP contribution is 2.22. The monoisotopic (exact) mass is 280 g/mol. The molecule has 0 fully saturated rings. The molecule has 5 heteroatoms. The number of aryl methyl sites for hydroxylation is 1. The zero-order chi connectivity index (χ0) is 14.8. The topological polar surface area (TPSA) is 87.8 Å². The van der Waals surface area contributed by atoms with Gasteiger partial charge in [-0.25, -0.2) is 4.98 Å². The van der Waals surface area contributed by atoms with Crippen LogP contribution in [0.25, 0.3) is 11.4 Å². The second kappa shape index (κ2) is 5.38. The van der Waals surface area contributed by atoms with Crippen LogP contribution >= 0.6 is 0 Å². The van der Waals surface area contributed by atoms with Crippen molar-refractivity contribution in [3.63, 3.8) is 0 Å². The molecule has 3 rings (SSSR count). The van der Waals surface area contributed by atoms with Gasteiger partial charge in [-0.05, 0) is 24.6 Å². The fourth-order valence-electron chi connectivity index (χ4n) is 2.12. The van der Waals surface area contributed by atoms with E-state index in [0.717, 1.165) is 11.1 Å². The molecule has 5 nitrogen and oxygen atoms in total. The van der Waals surface area contributed by atoms with E-state index in [2.05, 4.69) is 15.2 Å². The Kier molecular flexibility index (Phi) is 3.41. The number of rotatable bonds is 3. The van der Waals surface area contributed by atoms with Gasteiger partial charge in [0.05, 0.1) is 6.04 Å². The summed E-state index contributed by atoms with van der Waals surface area (Å²) in [4.78, 5) is 4.42. The van der Waals surface area contributed by atoms with Gasteiger partial charge in [-0.3, -0.25) is 5.10 Å². The molecular formula is C16H16N4O. The fourth-order valence-corrected chi connectivity index (χ4v) is 2.12. The van der Waals surface area contributed by atoms with Gasteiger partial charge >= 0.3 is 0 Å². The molecule has 0 saturated carbocycles. The molecule has 21 heavy (non-hydrogen) atoms. The van der Waals surface area contributed by atoms with E-state index in [1.165, 1.54) is 5.56 Å². The summed E-state index contributed by atoms with van der Waals surface area (Å²) in [6.07, 6.45) is 0. The van der Waals surface area contributed by atoms with E-state index in [-0.39, 0.29) is 11.8 Å². The van der Waals surface area contributed by atoms with Gasteiger partial charge in [0.2, 0.25) is 0 Å². The van der Waals surface area contributed by atoms with Crippen LogP contribution in [-0.2, 0) is 0 Å². The quantitative estimate of drug-likeness (QED) is 0.688. The minimum atomic E-state index is -0.357. The van der Waals surface area contributed by atoms with Crippen LogP contribution in [0.1, 0.15) is 23.0 Å². The van der Waals surface area contributed by atoms with Crippen molar-refractivity contribution < 1.29 is 5.11 Å². The van der Waals surface area contributed by atoms with Crippen molar-refractivity contribution in [2.75, 3.05) is 0 Å². The third-order valence-corrected chi connectivity index (χ3v) is 3.34. The molecule has 0 unspecified atom stereocenters. The molecule has 0 amide bonds. The van der Waals surface area contributed by atoms with E-state index in [9.17, 15) is 5.11 Å². The maximum absolute atomic E-state index is 9.50. The Hall–Kier alpha value is -2.66. The molecule has 0 radical (unpaired) electrons. The summed E-state index contributed by atoms with van der Waals surface area (Å²) in [6.45, 7) is 2.03. The van der Waals surface area contributed by atoms with E-state index in [0.29, 0.717) is 11.6 Å². The lowest BCUT2D eigenvalue weighted by molar-refractivity contribution is 0.475. The largest absolute Gasteiger partial charge is 0.508 e. The number of nitrogens with one attached hydrogen (secondary N) is 1. The minimum Gasteiger partial charge on any atom is -0.508 e. The number of H-pyrrole nitrogens is 1. The molecule has 4 N–H and O–H groups in total. The Morgan fingerprint density at radius 2 is 1.90 bits per heavy atom. The predicted molar refractivity (Wildman–Crippen MR) is 80.7 cm³/mol. The van der Waals surface area contributed by atoms with Gasteiger partial charge in [0.1, 0.15) is 11.6 Å². The molecule has 2 aromatic carbocycles. The lowest BCUT2D eigenvalue weighted by atomic mass is 10.1. The van der Waals surface area contributed by atoms with Crippen molar-refractivity contribution in [3.05, 3.63) is 65.5 Å². The SMILES string of the molecule is Cc1ccc([C@@H](N)c2nc(-c3cccc(O)c3)n[nH]2)cc1. The van der Waals surface area contributed by atoms with Crippen LogP contribution in [0.4, 0.5) is 0 Å². The fraction of sp³-hybridized carbons (Fsp3) is 0.125. The Labute approximate surface area is 122 Å². The van der Waals surface area contributed by atoms with Crippen molar-refractivity contribution in [1.29, 1.82) is 0 Å². The van der Waals surface area contributed by atoms with Gasteiger partial charge in [-0.2, -0.15) is 5.10 Å². The average molecular weight is 280 g/mol. The highest BCUT2D eigenvalue weighted by atomic mass is 16.3. The van der Waals surface area contributed by atoms with Gasteiger partial charge in [0.25, 0.3) is 0 Å². The Morgan fingerprint density at radius 1 is 1.14 bits per heavy atom. The number of nitrogens with two attached hydrogens (primary N) is 1. The molecule has 1 aromatic heterocycles. The molecule has 3 aromatic rings. The minimum absolute atomic E-state index is 0.182. The summed E-state index contributed by atoms with van der Waals surface area (Å²) in [5.74, 6) is 1.29. The van der Waals surface area contributed by atoms with Crippen LogP contribution in [-0.4, -0.2) is 20.3 Å². The van der Waals surface area contributed by atoms with Crippen molar-refractivity contribution in [2.45, 2.75) is 13.0 Å². The van der Waals surface area contributed by atoms with Gasteiger partial charge in [0, 0.05) is 5.56 Å². The molecule has 0 aliphatic heterocycles. The maximum atomic E-state index is 9.50. The summed E-state index contributed by atoms with van der Waals surface area (Å²) in [5.41, 5.74) is 9.10. The van der Waals surface area contributed by atoms with Gasteiger partial charge < -0.3 is 10.8 Å². The number of hydrogen-bond acceptors (Lipinski definition) is 4. The van der Waals surface area contributed by atoms with Gasteiger partial charge in [-0.15, -0.1) is 0 Å². The van der Waals surface area contributed by atoms with E-state index in [1.807, 2.05) is 37.3 Å². The molecule has 0 saturated heterocycles. The molecule has 0 bridgehead atoms. The lowest BCUT2D eigenvalue weighted by Gasteiger charge is -2.08. The summed E-state index contributed by atoms with van der Waals surface area (Å²) in [5, 5.41) is 16.5. The zero-order valence-corrected chi connectivity index (χ0v) is 11.6. The summed E-state index contributed by atoms with van der Waals surface area (Å²) in [7, 11) is 0. The number of phenols is 1. The molecular weight excluding hydrogens is 264 g/mol. The molecule has 106 valence electrons. The molecule has 0 aliphatic rings. The highest BCUT2D eigenvalue weighted by molar-refractivity contribution is 5.57. The van der Waals surface area contributed by atoms with Crippen LogP contribution in [0, 0.1) is 6.92 Å². The molecule has 1 atom stereocenters. The first-order chi connectivity index (χ1) is 10.1. The number of hydrogen-bond donors (Lipinski definition) is 3. The predicted octanol–water partition coefficient (Wildman–Crippen LogP) is 2.53. The van der Waals surface area contributed by atoms with Crippen LogP contribution in [0.2, 0.25) is 0 Å². The average Bonchev–Trinajstić information content (AvgIpc) is 2.97. The van der Waals surface area contributed by atoms with Crippen LogP contribution < -0.4 is 5.73 Å². The van der Waals surface area contributed by atoms with Crippen molar-refractivity contribution in [1.82, 2.24) is 15.2 Å². The number of nitrogens with zero attached hydrogens (tertiary/aromatic N) is 2. The molecule has 0 spiro atoms. The van der Waals surface area contributed by atoms with Crippen LogP contribution in [0.5, 0.6) is 5.75 Å². The van der Waals surface area contributed by atoms with E-state index in [4.69, 9.17) is 5.73 Å². The molecule has 1 heterocycles. The zero-order valence-electron chi connectivity index (χ0n) is 11.6. The second-order valence-electron chi connectivity index (χ2n) is 4.98. The normalized spacial score (nSPS) is 12.3. The number of aromatic nitrogens is 3. The second-order valence-corrected chi connectivity index (χ2v) is 4.98. The van der Waals surface area contributed by atoms with E-state index >= 15 is 0 Å². The first-order valence-corrected chi connectivity index (χ1v) is 6.67. The standard InChI is InChI=1S/C16H16N4O/c1-10-5-7-11(8-6-10)14(17)16-18-15(19-20-16)12-3-2-4-13(21)9-12/h2-9,14,21H,17H2,1H3,(H,18,19,20)/t14-/m1/s1. The number of aromatic hydroxyl groups is 1. The summed E-state index contributed by atoms with van der Waals surface area (Å²) >= 11 is 0. The first-order valence-electron chi connectivity index (χ1n) is 6.67. The molecule has 0 aliphatic carbocycles. The Balaban J connectivity index is 1.89. The third-order valence-electron chi connectivity index (χ3n) is 3.34. The summed E-state index contributed by atoms with van der Waals surface area (Å²) in [6, 6.07) is 14.4. The number of aromatic amines is 1. The van der Waals surface area contributed by atoms with Crippen molar-refractivity contribution in [3.8, 4) is 17.1 Å². The van der Waals surface area contributed by atoms with Crippen molar-refractivity contribution in [2.24, 2.45) is 5.73 Å². The smallest absolute Gasteiger partial charge is 0.181 e. The first kappa shape index (κ1) is 13.3. The van der Waals surface area contributed by atoms with Crippen molar-refractivity contribution >= 4 is 0 Å². The van der Waals surface area contributed by atoms with Gasteiger partial charge in [0.15, 0.2) is 5.82 Å².